The molecular weight excluding hydrogens is 246 g/mol. The molecule has 0 saturated heterocycles. The van der Waals surface area contributed by atoms with Crippen molar-refractivity contribution in [2.75, 3.05) is 5.73 Å². The van der Waals surface area contributed by atoms with Gasteiger partial charge in [0.1, 0.15) is 0 Å². The highest BCUT2D eigenvalue weighted by atomic mass is 35.5. The standard InChI is InChI=1S/C14H18ClN3/c1-2-14(6-3-7-14)9-18-12-5-4-10(15)8-11(12)17-13(18)16/h4-5,8H,2-3,6-7,9H2,1H3,(H2,16,17). The first kappa shape index (κ1) is 11.8. The van der Waals surface area contributed by atoms with E-state index < -0.39 is 0 Å². The molecule has 18 heavy (non-hydrogen) atoms. The summed E-state index contributed by atoms with van der Waals surface area (Å²) in [6.07, 6.45) is 5.15. The first-order valence-electron chi connectivity index (χ1n) is 6.55. The van der Waals surface area contributed by atoms with Gasteiger partial charge in [-0.1, -0.05) is 24.9 Å². The Morgan fingerprint density at radius 2 is 2.22 bits per heavy atom. The fourth-order valence-corrected chi connectivity index (χ4v) is 3.09. The van der Waals surface area contributed by atoms with Crippen molar-refractivity contribution in [2.24, 2.45) is 5.41 Å². The summed E-state index contributed by atoms with van der Waals surface area (Å²) in [5, 5.41) is 0.709. The summed E-state index contributed by atoms with van der Waals surface area (Å²) in [5.41, 5.74) is 8.47. The number of halogens is 1. The molecule has 0 aliphatic heterocycles. The molecule has 1 aliphatic rings. The topological polar surface area (TPSA) is 43.8 Å². The van der Waals surface area contributed by atoms with Gasteiger partial charge in [0.15, 0.2) is 0 Å². The fraction of sp³-hybridized carbons (Fsp3) is 0.500. The lowest BCUT2D eigenvalue weighted by molar-refractivity contribution is 0.103. The van der Waals surface area contributed by atoms with E-state index in [2.05, 4.69) is 16.5 Å². The Balaban J connectivity index is 2.03. The number of hydrogen-bond acceptors (Lipinski definition) is 2. The molecule has 1 aliphatic carbocycles. The maximum Gasteiger partial charge on any atom is 0.201 e. The van der Waals surface area contributed by atoms with E-state index in [0.717, 1.165) is 17.6 Å². The summed E-state index contributed by atoms with van der Waals surface area (Å²) in [4.78, 5) is 4.41. The molecule has 0 spiro atoms. The Labute approximate surface area is 112 Å². The van der Waals surface area contributed by atoms with Crippen LogP contribution < -0.4 is 5.73 Å². The van der Waals surface area contributed by atoms with Crippen molar-refractivity contribution in [1.29, 1.82) is 0 Å². The molecule has 4 heteroatoms. The molecule has 2 aromatic rings. The van der Waals surface area contributed by atoms with E-state index in [0.29, 0.717) is 16.4 Å². The van der Waals surface area contributed by atoms with Crippen molar-refractivity contribution in [3.8, 4) is 0 Å². The van der Waals surface area contributed by atoms with Crippen LogP contribution in [0.15, 0.2) is 18.2 Å². The minimum absolute atomic E-state index is 0.432. The largest absolute Gasteiger partial charge is 0.369 e. The van der Waals surface area contributed by atoms with Crippen molar-refractivity contribution in [1.82, 2.24) is 9.55 Å². The van der Waals surface area contributed by atoms with Crippen LogP contribution in [0.4, 0.5) is 5.95 Å². The average molecular weight is 264 g/mol. The molecule has 0 unspecified atom stereocenters. The zero-order valence-corrected chi connectivity index (χ0v) is 11.4. The SMILES string of the molecule is CCC1(Cn2c(N)nc3cc(Cl)ccc32)CCC1. The Morgan fingerprint density at radius 1 is 1.44 bits per heavy atom. The third kappa shape index (κ3) is 1.77. The van der Waals surface area contributed by atoms with E-state index in [-0.39, 0.29) is 0 Å². The molecule has 1 fully saturated rings. The van der Waals surface area contributed by atoms with Crippen LogP contribution in [0.2, 0.25) is 5.02 Å². The molecule has 1 saturated carbocycles. The number of hydrogen-bond donors (Lipinski definition) is 1. The number of fused-ring (bicyclic) bond motifs is 1. The Bertz CT molecular complexity index is 578. The summed E-state index contributed by atoms with van der Waals surface area (Å²) < 4.78 is 2.15. The molecule has 0 amide bonds. The minimum atomic E-state index is 0.432. The van der Waals surface area contributed by atoms with Gasteiger partial charge in [-0.15, -0.1) is 0 Å². The normalized spacial score (nSPS) is 17.9. The van der Waals surface area contributed by atoms with E-state index >= 15 is 0 Å². The second kappa shape index (κ2) is 4.16. The van der Waals surface area contributed by atoms with E-state index in [1.807, 2.05) is 18.2 Å². The average Bonchev–Trinajstić information content (AvgIpc) is 2.59. The molecule has 3 nitrogen and oxygen atoms in total. The quantitative estimate of drug-likeness (QED) is 0.914. The van der Waals surface area contributed by atoms with Crippen LogP contribution in [-0.2, 0) is 6.54 Å². The van der Waals surface area contributed by atoms with Crippen molar-refractivity contribution >= 4 is 28.6 Å². The highest BCUT2D eigenvalue weighted by Gasteiger charge is 2.36. The number of nitrogens with zero attached hydrogens (tertiary/aromatic N) is 2. The van der Waals surface area contributed by atoms with Gasteiger partial charge in [-0.2, -0.15) is 0 Å². The van der Waals surface area contributed by atoms with Crippen LogP contribution in [0, 0.1) is 5.41 Å². The zero-order valence-electron chi connectivity index (χ0n) is 10.6. The highest BCUT2D eigenvalue weighted by Crippen LogP contribution is 2.46. The summed E-state index contributed by atoms with van der Waals surface area (Å²) in [6, 6.07) is 5.80. The first-order chi connectivity index (χ1) is 8.63. The molecule has 1 aromatic heterocycles. The summed E-state index contributed by atoms with van der Waals surface area (Å²) in [5.74, 6) is 0.604. The lowest BCUT2D eigenvalue weighted by Gasteiger charge is -2.41. The van der Waals surface area contributed by atoms with Gasteiger partial charge < -0.3 is 10.3 Å². The molecule has 0 bridgehead atoms. The first-order valence-corrected chi connectivity index (χ1v) is 6.93. The zero-order chi connectivity index (χ0) is 12.8. The molecule has 1 heterocycles. The summed E-state index contributed by atoms with van der Waals surface area (Å²) >= 11 is 5.99. The second-order valence-corrected chi connectivity index (χ2v) is 5.83. The number of nitrogens with two attached hydrogens (primary N) is 1. The van der Waals surface area contributed by atoms with Gasteiger partial charge in [0, 0.05) is 11.6 Å². The number of rotatable bonds is 3. The van der Waals surface area contributed by atoms with Crippen LogP contribution in [0.25, 0.3) is 11.0 Å². The highest BCUT2D eigenvalue weighted by molar-refractivity contribution is 6.31. The maximum absolute atomic E-state index is 6.05. The van der Waals surface area contributed by atoms with Gasteiger partial charge >= 0.3 is 0 Å². The summed E-state index contributed by atoms with van der Waals surface area (Å²) in [6.45, 7) is 3.25. The predicted molar refractivity (Wildman–Crippen MR) is 75.7 cm³/mol. The van der Waals surface area contributed by atoms with Crippen molar-refractivity contribution in [2.45, 2.75) is 39.2 Å². The minimum Gasteiger partial charge on any atom is -0.369 e. The second-order valence-electron chi connectivity index (χ2n) is 5.40. The fourth-order valence-electron chi connectivity index (χ4n) is 2.92. The number of nitrogen functional groups attached to an aromatic ring is 1. The van der Waals surface area contributed by atoms with Gasteiger partial charge in [0.05, 0.1) is 11.0 Å². The number of aromatic nitrogens is 2. The monoisotopic (exact) mass is 263 g/mol. The van der Waals surface area contributed by atoms with Crippen LogP contribution in [0.5, 0.6) is 0 Å². The van der Waals surface area contributed by atoms with Gasteiger partial charge in [0.2, 0.25) is 5.95 Å². The Morgan fingerprint density at radius 3 is 2.83 bits per heavy atom. The van der Waals surface area contributed by atoms with Gasteiger partial charge in [-0.25, -0.2) is 4.98 Å². The maximum atomic E-state index is 6.05. The molecule has 2 N–H and O–H groups in total. The van der Waals surface area contributed by atoms with Crippen molar-refractivity contribution in [3.05, 3.63) is 23.2 Å². The van der Waals surface area contributed by atoms with Crippen LogP contribution in [0.3, 0.4) is 0 Å². The van der Waals surface area contributed by atoms with Gasteiger partial charge in [-0.3, -0.25) is 0 Å². The number of imidazole rings is 1. The third-order valence-corrected chi connectivity index (χ3v) is 4.63. The van der Waals surface area contributed by atoms with Crippen molar-refractivity contribution in [3.63, 3.8) is 0 Å². The number of benzene rings is 1. The molecule has 96 valence electrons. The van der Waals surface area contributed by atoms with E-state index in [1.165, 1.54) is 25.7 Å². The molecule has 3 rings (SSSR count). The lowest BCUT2D eigenvalue weighted by Crippen LogP contribution is -2.33. The lowest BCUT2D eigenvalue weighted by atomic mass is 9.67. The predicted octanol–water partition coefficient (Wildman–Crippen LogP) is 3.85. The van der Waals surface area contributed by atoms with E-state index in [4.69, 9.17) is 17.3 Å². The van der Waals surface area contributed by atoms with Crippen LogP contribution >= 0.6 is 11.6 Å². The van der Waals surface area contributed by atoms with E-state index in [1.54, 1.807) is 0 Å². The molecule has 0 atom stereocenters. The van der Waals surface area contributed by atoms with Crippen LogP contribution in [0.1, 0.15) is 32.6 Å². The van der Waals surface area contributed by atoms with Gasteiger partial charge in [-0.05, 0) is 42.9 Å². The summed E-state index contributed by atoms with van der Waals surface area (Å²) in [7, 11) is 0. The number of anilines is 1. The molecule has 1 aromatic carbocycles. The Kier molecular flexibility index (Phi) is 2.74. The smallest absolute Gasteiger partial charge is 0.201 e. The van der Waals surface area contributed by atoms with Crippen molar-refractivity contribution < 1.29 is 0 Å². The van der Waals surface area contributed by atoms with E-state index in [9.17, 15) is 0 Å². The Hall–Kier alpha value is -1.22. The molecular formula is C14H18ClN3. The van der Waals surface area contributed by atoms with Gasteiger partial charge in [0.25, 0.3) is 0 Å². The molecule has 0 radical (unpaired) electrons. The van der Waals surface area contributed by atoms with Crippen LogP contribution in [-0.4, -0.2) is 9.55 Å². The third-order valence-electron chi connectivity index (χ3n) is 4.40.